The first-order chi connectivity index (χ1) is 9.19. The molecular weight excluding hydrogens is 242 g/mol. The summed E-state index contributed by atoms with van der Waals surface area (Å²) in [5.41, 5.74) is 0.537. The molecule has 0 spiro atoms. The molecule has 1 aromatic carbocycles. The Kier molecular flexibility index (Phi) is 4.32. The van der Waals surface area contributed by atoms with Crippen molar-refractivity contribution in [1.82, 2.24) is 5.32 Å². The first-order valence-corrected chi connectivity index (χ1v) is 6.55. The predicted molar refractivity (Wildman–Crippen MR) is 71.6 cm³/mol. The molecule has 0 aromatic heterocycles. The van der Waals surface area contributed by atoms with E-state index in [0.29, 0.717) is 0 Å². The van der Waals surface area contributed by atoms with Crippen LogP contribution in [0.25, 0.3) is 0 Å². The number of hydrogen-bond donors (Lipinski definition) is 1. The van der Waals surface area contributed by atoms with Crippen molar-refractivity contribution in [1.29, 1.82) is 0 Å². The van der Waals surface area contributed by atoms with Gasteiger partial charge in [-0.2, -0.15) is 0 Å². The van der Waals surface area contributed by atoms with E-state index in [2.05, 4.69) is 5.32 Å². The molecule has 1 aliphatic rings. The minimum atomic E-state index is -0.464. The van der Waals surface area contributed by atoms with Crippen LogP contribution in [0.4, 0.5) is 0 Å². The number of nitrogens with one attached hydrogen (secondary N) is 1. The van der Waals surface area contributed by atoms with Crippen LogP contribution in [0, 0.1) is 0 Å². The maximum Gasteiger partial charge on any atom is 0.307 e. The molecule has 2 rings (SSSR count). The standard InChI is InChI=1S/C15H19NO3/c1-19-14(18)10-13(12-6-3-2-4-7-12)16-15(11-17)8-5-9-15/h2-4,6-7,11,13,16H,5,8-10H2,1H3/t13-/m0/s1. The second-order valence-corrected chi connectivity index (χ2v) is 5.02. The Hall–Kier alpha value is -1.68. The van der Waals surface area contributed by atoms with E-state index in [9.17, 15) is 9.59 Å². The van der Waals surface area contributed by atoms with Crippen LogP contribution in [0.15, 0.2) is 30.3 Å². The number of methoxy groups -OCH3 is 1. The Balaban J connectivity index is 2.14. The second-order valence-electron chi connectivity index (χ2n) is 5.02. The van der Waals surface area contributed by atoms with Crippen LogP contribution in [0.2, 0.25) is 0 Å². The molecule has 1 aromatic rings. The fourth-order valence-corrected chi connectivity index (χ4v) is 2.39. The van der Waals surface area contributed by atoms with E-state index < -0.39 is 5.54 Å². The van der Waals surface area contributed by atoms with E-state index in [-0.39, 0.29) is 18.4 Å². The quantitative estimate of drug-likeness (QED) is 0.628. The number of esters is 1. The Morgan fingerprint density at radius 1 is 1.42 bits per heavy atom. The third kappa shape index (κ3) is 3.20. The van der Waals surface area contributed by atoms with Crippen LogP contribution in [-0.4, -0.2) is 24.9 Å². The van der Waals surface area contributed by atoms with Gasteiger partial charge in [0.2, 0.25) is 0 Å². The summed E-state index contributed by atoms with van der Waals surface area (Å²) in [5, 5.41) is 3.33. The smallest absolute Gasteiger partial charge is 0.307 e. The minimum absolute atomic E-state index is 0.181. The van der Waals surface area contributed by atoms with Crippen molar-refractivity contribution in [3.63, 3.8) is 0 Å². The fourth-order valence-electron chi connectivity index (χ4n) is 2.39. The van der Waals surface area contributed by atoms with Crippen molar-refractivity contribution in [3.8, 4) is 0 Å². The number of aldehydes is 1. The lowest BCUT2D eigenvalue weighted by molar-refractivity contribution is -0.141. The average Bonchev–Trinajstić information content (AvgIpc) is 2.42. The van der Waals surface area contributed by atoms with Gasteiger partial charge < -0.3 is 9.53 Å². The molecule has 0 saturated heterocycles. The van der Waals surface area contributed by atoms with Crippen LogP contribution in [0.3, 0.4) is 0 Å². The van der Waals surface area contributed by atoms with Gasteiger partial charge in [0, 0.05) is 6.04 Å². The molecule has 0 amide bonds. The summed E-state index contributed by atoms with van der Waals surface area (Å²) in [6.45, 7) is 0. The summed E-state index contributed by atoms with van der Waals surface area (Å²) >= 11 is 0. The summed E-state index contributed by atoms with van der Waals surface area (Å²) in [4.78, 5) is 22.8. The number of rotatable bonds is 6. The zero-order valence-electron chi connectivity index (χ0n) is 11.1. The van der Waals surface area contributed by atoms with Crippen LogP contribution in [0.5, 0.6) is 0 Å². The predicted octanol–water partition coefficient (Wildman–Crippen LogP) is 2.00. The molecule has 1 N–H and O–H groups in total. The third-order valence-corrected chi connectivity index (χ3v) is 3.73. The summed E-state index contributed by atoms with van der Waals surface area (Å²) in [7, 11) is 1.38. The van der Waals surface area contributed by atoms with Crippen LogP contribution < -0.4 is 5.32 Å². The van der Waals surface area contributed by atoms with E-state index in [0.717, 1.165) is 31.1 Å². The van der Waals surface area contributed by atoms with Gasteiger partial charge in [-0.3, -0.25) is 10.1 Å². The van der Waals surface area contributed by atoms with Crippen molar-refractivity contribution in [2.24, 2.45) is 0 Å². The average molecular weight is 261 g/mol. The summed E-state index contributed by atoms with van der Waals surface area (Å²) < 4.78 is 4.73. The molecule has 0 unspecified atom stereocenters. The van der Waals surface area contributed by atoms with Crippen molar-refractivity contribution in [3.05, 3.63) is 35.9 Å². The molecule has 102 valence electrons. The van der Waals surface area contributed by atoms with Gasteiger partial charge in [0.1, 0.15) is 6.29 Å². The van der Waals surface area contributed by atoms with Gasteiger partial charge in [0.05, 0.1) is 19.1 Å². The molecule has 19 heavy (non-hydrogen) atoms. The fraction of sp³-hybridized carbons (Fsp3) is 0.467. The van der Waals surface area contributed by atoms with Crippen molar-refractivity contribution in [2.75, 3.05) is 7.11 Å². The second kappa shape index (κ2) is 5.97. The van der Waals surface area contributed by atoms with E-state index >= 15 is 0 Å². The van der Waals surface area contributed by atoms with Crippen molar-refractivity contribution in [2.45, 2.75) is 37.3 Å². The Morgan fingerprint density at radius 2 is 2.11 bits per heavy atom. The van der Waals surface area contributed by atoms with Gasteiger partial charge in [-0.05, 0) is 24.8 Å². The minimum Gasteiger partial charge on any atom is -0.469 e. The van der Waals surface area contributed by atoms with Crippen LogP contribution >= 0.6 is 0 Å². The topological polar surface area (TPSA) is 55.4 Å². The summed E-state index contributed by atoms with van der Waals surface area (Å²) in [5.74, 6) is -0.276. The lowest BCUT2D eigenvalue weighted by Gasteiger charge is -2.40. The molecule has 1 atom stereocenters. The number of benzene rings is 1. The highest BCUT2D eigenvalue weighted by Gasteiger charge is 2.39. The molecule has 1 saturated carbocycles. The molecule has 0 aliphatic heterocycles. The molecule has 1 aliphatic carbocycles. The normalized spacial score (nSPS) is 18.2. The highest BCUT2D eigenvalue weighted by atomic mass is 16.5. The highest BCUT2D eigenvalue weighted by molar-refractivity contribution is 5.71. The van der Waals surface area contributed by atoms with E-state index in [1.807, 2.05) is 30.3 Å². The third-order valence-electron chi connectivity index (χ3n) is 3.73. The molecule has 1 fully saturated rings. The molecule has 4 heteroatoms. The monoisotopic (exact) mass is 261 g/mol. The van der Waals surface area contributed by atoms with E-state index in [1.54, 1.807) is 0 Å². The lowest BCUT2D eigenvalue weighted by atomic mass is 9.77. The van der Waals surface area contributed by atoms with Gasteiger partial charge in [-0.25, -0.2) is 0 Å². The highest BCUT2D eigenvalue weighted by Crippen LogP contribution is 2.33. The molecule has 0 radical (unpaired) electrons. The largest absolute Gasteiger partial charge is 0.469 e. The number of ether oxygens (including phenoxy) is 1. The van der Waals surface area contributed by atoms with Crippen molar-refractivity contribution >= 4 is 12.3 Å². The van der Waals surface area contributed by atoms with Crippen LogP contribution in [-0.2, 0) is 14.3 Å². The first-order valence-electron chi connectivity index (χ1n) is 6.55. The van der Waals surface area contributed by atoms with Gasteiger partial charge in [0.15, 0.2) is 0 Å². The number of hydrogen-bond acceptors (Lipinski definition) is 4. The molecule has 0 bridgehead atoms. The zero-order chi connectivity index (χ0) is 13.7. The number of carbonyl (C=O) groups is 2. The molecule has 4 nitrogen and oxygen atoms in total. The van der Waals surface area contributed by atoms with Gasteiger partial charge >= 0.3 is 5.97 Å². The zero-order valence-corrected chi connectivity index (χ0v) is 11.1. The lowest BCUT2D eigenvalue weighted by Crippen LogP contribution is -2.53. The van der Waals surface area contributed by atoms with Crippen molar-refractivity contribution < 1.29 is 14.3 Å². The van der Waals surface area contributed by atoms with Gasteiger partial charge in [-0.1, -0.05) is 30.3 Å². The Labute approximate surface area is 113 Å². The van der Waals surface area contributed by atoms with Gasteiger partial charge in [-0.15, -0.1) is 0 Å². The summed E-state index contributed by atoms with van der Waals surface area (Å²) in [6, 6.07) is 9.51. The van der Waals surface area contributed by atoms with Gasteiger partial charge in [0.25, 0.3) is 0 Å². The molecular formula is C15H19NO3. The molecule has 0 heterocycles. The van der Waals surface area contributed by atoms with E-state index in [4.69, 9.17) is 4.74 Å². The Bertz CT molecular complexity index is 440. The number of carbonyl (C=O) groups excluding carboxylic acids is 2. The maximum absolute atomic E-state index is 11.5. The van der Waals surface area contributed by atoms with Crippen LogP contribution in [0.1, 0.15) is 37.3 Å². The first kappa shape index (κ1) is 13.7. The summed E-state index contributed by atoms with van der Waals surface area (Å²) in [6.07, 6.45) is 3.92. The van der Waals surface area contributed by atoms with E-state index in [1.165, 1.54) is 7.11 Å². The maximum atomic E-state index is 11.5. The SMILES string of the molecule is COC(=O)C[C@H](NC1(C=O)CCC1)c1ccccc1. The Morgan fingerprint density at radius 3 is 2.58 bits per heavy atom.